The van der Waals surface area contributed by atoms with Crippen molar-refractivity contribution >= 4 is 28.3 Å². The highest BCUT2D eigenvalue weighted by atomic mass is 32.1. The molecule has 0 aliphatic rings. The van der Waals surface area contributed by atoms with E-state index < -0.39 is 0 Å². The molecule has 0 saturated carbocycles. The van der Waals surface area contributed by atoms with Crippen LogP contribution in [-0.2, 0) is 0 Å². The molecule has 0 radical (unpaired) electrons. The van der Waals surface area contributed by atoms with Gasteiger partial charge < -0.3 is 19.8 Å². The maximum absolute atomic E-state index is 5.88. The summed E-state index contributed by atoms with van der Waals surface area (Å²) in [5.74, 6) is 1.61. The molecule has 0 fully saturated rings. The minimum atomic E-state index is 0.00169. The van der Waals surface area contributed by atoms with Gasteiger partial charge in [0.1, 0.15) is 5.76 Å². The molecule has 1 heterocycles. The maximum atomic E-state index is 5.88. The highest BCUT2D eigenvalue weighted by molar-refractivity contribution is 7.80. The molecule has 2 aromatic rings. The average molecular weight is 278 g/mol. The van der Waals surface area contributed by atoms with E-state index in [1.54, 1.807) is 7.05 Å². The van der Waals surface area contributed by atoms with Crippen LogP contribution in [0.25, 0.3) is 11.0 Å². The zero-order valence-electron chi connectivity index (χ0n) is 11.3. The molecule has 102 valence electrons. The highest BCUT2D eigenvalue weighted by Crippen LogP contribution is 2.31. The van der Waals surface area contributed by atoms with Crippen LogP contribution in [0.4, 0.5) is 0 Å². The third-order valence-electron chi connectivity index (χ3n) is 2.83. The fourth-order valence-electron chi connectivity index (χ4n) is 1.88. The summed E-state index contributed by atoms with van der Waals surface area (Å²) < 4.78 is 11.4. The van der Waals surface area contributed by atoms with Gasteiger partial charge in [0.05, 0.1) is 12.6 Å². The van der Waals surface area contributed by atoms with E-state index in [4.69, 9.17) is 21.4 Å². The maximum Gasteiger partial charge on any atom is 0.176 e. The van der Waals surface area contributed by atoms with Gasteiger partial charge in [0.15, 0.2) is 16.4 Å². The number of para-hydroxylation sites is 1. The second-order valence-corrected chi connectivity index (χ2v) is 4.61. The van der Waals surface area contributed by atoms with E-state index in [9.17, 15) is 0 Å². The van der Waals surface area contributed by atoms with Gasteiger partial charge in [-0.2, -0.15) is 0 Å². The lowest BCUT2D eigenvalue weighted by Crippen LogP contribution is -2.34. The molecule has 4 nitrogen and oxygen atoms in total. The smallest absolute Gasteiger partial charge is 0.176 e. The monoisotopic (exact) mass is 278 g/mol. The number of furan rings is 1. The number of rotatable bonds is 4. The van der Waals surface area contributed by atoms with Crippen molar-refractivity contribution in [2.75, 3.05) is 13.7 Å². The molecule has 1 aromatic carbocycles. The molecule has 0 amide bonds. The van der Waals surface area contributed by atoms with Gasteiger partial charge in [0, 0.05) is 12.4 Å². The zero-order chi connectivity index (χ0) is 13.8. The fraction of sp³-hybridized carbons (Fsp3) is 0.357. The Balaban J connectivity index is 2.30. The normalized spacial score (nSPS) is 12.2. The van der Waals surface area contributed by atoms with Crippen molar-refractivity contribution in [3.63, 3.8) is 0 Å². The molecule has 0 bridgehead atoms. The van der Waals surface area contributed by atoms with E-state index in [0.717, 1.165) is 22.5 Å². The van der Waals surface area contributed by atoms with Gasteiger partial charge in [-0.3, -0.25) is 0 Å². The third-order valence-corrected chi connectivity index (χ3v) is 3.15. The van der Waals surface area contributed by atoms with Gasteiger partial charge in [0.2, 0.25) is 0 Å². The first-order valence-corrected chi connectivity index (χ1v) is 6.70. The fourth-order valence-corrected chi connectivity index (χ4v) is 2.06. The first-order valence-electron chi connectivity index (χ1n) is 6.29. The molecule has 2 rings (SSSR count). The molecule has 1 aromatic heterocycles. The Bertz CT molecular complexity index is 580. The van der Waals surface area contributed by atoms with Gasteiger partial charge in [-0.05, 0) is 38.2 Å². The lowest BCUT2D eigenvalue weighted by Gasteiger charge is -2.12. The second kappa shape index (κ2) is 5.93. The van der Waals surface area contributed by atoms with Gasteiger partial charge in [-0.25, -0.2) is 0 Å². The number of ether oxygens (including phenoxy) is 1. The Morgan fingerprint density at radius 2 is 2.26 bits per heavy atom. The number of hydrogen-bond acceptors (Lipinski definition) is 3. The standard InChI is InChI=1S/C14H18N2O2S/c1-4-17-11-7-5-6-10-8-12(18-13(10)11)9(2)16-14(19)15-3/h5-9H,4H2,1-3H3,(H2,15,16,19)/t9-/m0/s1. The first kappa shape index (κ1) is 13.7. The molecule has 5 heteroatoms. The van der Waals surface area contributed by atoms with E-state index in [1.807, 2.05) is 38.1 Å². The van der Waals surface area contributed by atoms with Crippen LogP contribution in [0.5, 0.6) is 5.75 Å². The highest BCUT2D eigenvalue weighted by Gasteiger charge is 2.14. The largest absolute Gasteiger partial charge is 0.490 e. The van der Waals surface area contributed by atoms with Crippen LogP contribution in [0.2, 0.25) is 0 Å². The van der Waals surface area contributed by atoms with E-state index in [0.29, 0.717) is 11.7 Å². The quantitative estimate of drug-likeness (QED) is 0.842. The predicted octanol–water partition coefficient (Wildman–Crippen LogP) is 2.99. The van der Waals surface area contributed by atoms with Crippen LogP contribution in [0, 0.1) is 0 Å². The number of fused-ring (bicyclic) bond motifs is 1. The number of hydrogen-bond donors (Lipinski definition) is 2. The van der Waals surface area contributed by atoms with Gasteiger partial charge in [0.25, 0.3) is 0 Å². The van der Waals surface area contributed by atoms with E-state index >= 15 is 0 Å². The summed E-state index contributed by atoms with van der Waals surface area (Å²) in [5.41, 5.74) is 0.781. The summed E-state index contributed by atoms with van der Waals surface area (Å²) in [6.45, 7) is 4.58. The van der Waals surface area contributed by atoms with Crippen LogP contribution in [0.3, 0.4) is 0 Å². The third kappa shape index (κ3) is 2.98. The average Bonchev–Trinajstić information content (AvgIpc) is 2.84. The van der Waals surface area contributed by atoms with Crippen molar-refractivity contribution in [1.29, 1.82) is 0 Å². The zero-order valence-corrected chi connectivity index (χ0v) is 12.1. The van der Waals surface area contributed by atoms with E-state index in [1.165, 1.54) is 0 Å². The summed E-state index contributed by atoms with van der Waals surface area (Å²) >= 11 is 5.09. The van der Waals surface area contributed by atoms with Crippen LogP contribution in [0.15, 0.2) is 28.7 Å². The summed E-state index contributed by atoms with van der Waals surface area (Å²) in [6.07, 6.45) is 0. The number of benzene rings is 1. The molecule has 0 spiro atoms. The summed E-state index contributed by atoms with van der Waals surface area (Å²) in [5, 5.41) is 7.66. The second-order valence-electron chi connectivity index (χ2n) is 4.20. The molecule has 2 N–H and O–H groups in total. The van der Waals surface area contributed by atoms with Crippen molar-refractivity contribution in [3.05, 3.63) is 30.0 Å². The van der Waals surface area contributed by atoms with Crippen LogP contribution in [0.1, 0.15) is 25.6 Å². The molecule has 0 aliphatic carbocycles. The minimum absolute atomic E-state index is 0.00169. The van der Waals surface area contributed by atoms with Gasteiger partial charge >= 0.3 is 0 Å². The van der Waals surface area contributed by atoms with Crippen molar-refractivity contribution in [3.8, 4) is 5.75 Å². The Morgan fingerprint density at radius 1 is 1.47 bits per heavy atom. The first-order chi connectivity index (χ1) is 9.15. The SMILES string of the molecule is CCOc1cccc2cc([C@H](C)NC(=S)NC)oc12. The molecule has 0 unspecified atom stereocenters. The Kier molecular flexibility index (Phi) is 4.27. The van der Waals surface area contributed by atoms with E-state index in [-0.39, 0.29) is 6.04 Å². The molecular formula is C14H18N2O2S. The minimum Gasteiger partial charge on any atom is -0.490 e. The molecule has 19 heavy (non-hydrogen) atoms. The predicted molar refractivity (Wildman–Crippen MR) is 80.6 cm³/mol. The summed E-state index contributed by atoms with van der Waals surface area (Å²) in [6, 6.07) is 7.89. The van der Waals surface area contributed by atoms with Crippen molar-refractivity contribution in [2.24, 2.45) is 0 Å². The van der Waals surface area contributed by atoms with Crippen LogP contribution < -0.4 is 15.4 Å². The van der Waals surface area contributed by atoms with Crippen molar-refractivity contribution in [1.82, 2.24) is 10.6 Å². The Morgan fingerprint density at radius 3 is 2.95 bits per heavy atom. The van der Waals surface area contributed by atoms with Gasteiger partial charge in [-0.15, -0.1) is 0 Å². The number of nitrogens with one attached hydrogen (secondary N) is 2. The molecule has 0 aliphatic heterocycles. The molecule has 0 saturated heterocycles. The van der Waals surface area contributed by atoms with Crippen LogP contribution >= 0.6 is 12.2 Å². The molecule has 1 atom stereocenters. The van der Waals surface area contributed by atoms with Crippen LogP contribution in [-0.4, -0.2) is 18.8 Å². The lowest BCUT2D eigenvalue weighted by atomic mass is 10.2. The summed E-state index contributed by atoms with van der Waals surface area (Å²) in [4.78, 5) is 0. The number of thiocarbonyl (C=S) groups is 1. The van der Waals surface area contributed by atoms with E-state index in [2.05, 4.69) is 10.6 Å². The topological polar surface area (TPSA) is 46.4 Å². The Hall–Kier alpha value is -1.75. The van der Waals surface area contributed by atoms with Crippen molar-refractivity contribution < 1.29 is 9.15 Å². The Labute approximate surface area is 118 Å². The lowest BCUT2D eigenvalue weighted by molar-refractivity contribution is 0.336. The van der Waals surface area contributed by atoms with Gasteiger partial charge in [-0.1, -0.05) is 12.1 Å². The summed E-state index contributed by atoms with van der Waals surface area (Å²) in [7, 11) is 1.79. The molecular weight excluding hydrogens is 260 g/mol. The van der Waals surface area contributed by atoms with Crippen molar-refractivity contribution in [2.45, 2.75) is 19.9 Å².